The maximum Gasteiger partial charge on any atom is 0.161 e. The van der Waals surface area contributed by atoms with Gasteiger partial charge in [0, 0.05) is 24.1 Å². The molecule has 2 nitrogen and oxygen atoms in total. The average molecular weight is 219 g/mol. The summed E-state index contributed by atoms with van der Waals surface area (Å²) in [6.45, 7) is 2.21. The standard InChI is InChI=1S/C13H14FNO/c1-10(16)13-9-12(14)7-6-11(13)5-3-4-8-15-2/h6-7,9,15H,4,8H2,1-2H3. The Kier molecular flexibility index (Phi) is 4.68. The van der Waals surface area contributed by atoms with Crippen molar-refractivity contribution in [1.82, 2.24) is 5.32 Å². The normalized spacial score (nSPS) is 9.44. The number of hydrogen-bond acceptors (Lipinski definition) is 2. The van der Waals surface area contributed by atoms with Crippen LogP contribution in [0.2, 0.25) is 0 Å². The second-order valence-corrected chi connectivity index (χ2v) is 3.40. The molecule has 0 fully saturated rings. The highest BCUT2D eigenvalue weighted by Crippen LogP contribution is 2.11. The Bertz CT molecular complexity index is 443. The van der Waals surface area contributed by atoms with E-state index in [1.54, 1.807) is 6.07 Å². The van der Waals surface area contributed by atoms with Crippen molar-refractivity contribution in [3.8, 4) is 11.8 Å². The molecule has 0 bridgehead atoms. The number of hydrogen-bond donors (Lipinski definition) is 1. The molecule has 0 aliphatic carbocycles. The van der Waals surface area contributed by atoms with Crippen molar-refractivity contribution in [2.24, 2.45) is 0 Å². The molecule has 0 saturated carbocycles. The third-order valence-corrected chi connectivity index (χ3v) is 2.08. The average Bonchev–Trinajstić information content (AvgIpc) is 2.26. The molecular formula is C13H14FNO. The fourth-order valence-corrected chi connectivity index (χ4v) is 1.26. The van der Waals surface area contributed by atoms with E-state index in [-0.39, 0.29) is 5.78 Å². The van der Waals surface area contributed by atoms with Gasteiger partial charge in [0.2, 0.25) is 0 Å². The second-order valence-electron chi connectivity index (χ2n) is 3.40. The lowest BCUT2D eigenvalue weighted by Crippen LogP contribution is -2.06. The lowest BCUT2D eigenvalue weighted by atomic mass is 10.0. The van der Waals surface area contributed by atoms with Crippen molar-refractivity contribution in [1.29, 1.82) is 0 Å². The smallest absolute Gasteiger partial charge is 0.161 e. The molecule has 0 radical (unpaired) electrons. The zero-order valence-electron chi connectivity index (χ0n) is 9.43. The van der Waals surface area contributed by atoms with Gasteiger partial charge in [-0.2, -0.15) is 0 Å². The highest BCUT2D eigenvalue weighted by molar-refractivity contribution is 5.96. The summed E-state index contributed by atoms with van der Waals surface area (Å²) in [5.41, 5.74) is 0.932. The molecule has 84 valence electrons. The van der Waals surface area contributed by atoms with Crippen molar-refractivity contribution in [2.45, 2.75) is 13.3 Å². The van der Waals surface area contributed by atoms with E-state index >= 15 is 0 Å². The van der Waals surface area contributed by atoms with Crippen LogP contribution in [0.5, 0.6) is 0 Å². The van der Waals surface area contributed by atoms with Crippen LogP contribution in [0, 0.1) is 17.7 Å². The SMILES string of the molecule is CNCCC#Cc1ccc(F)cc1C(C)=O. The predicted molar refractivity (Wildman–Crippen MR) is 61.8 cm³/mol. The Morgan fingerprint density at radius 2 is 2.25 bits per heavy atom. The van der Waals surface area contributed by atoms with Gasteiger partial charge < -0.3 is 5.32 Å². The molecule has 0 unspecified atom stereocenters. The van der Waals surface area contributed by atoms with Gasteiger partial charge in [-0.05, 0) is 32.2 Å². The van der Waals surface area contributed by atoms with E-state index in [4.69, 9.17) is 0 Å². The highest BCUT2D eigenvalue weighted by Gasteiger charge is 2.06. The number of Topliss-reactive ketones (excluding diaryl/α,β-unsaturated/α-hetero) is 1. The van der Waals surface area contributed by atoms with Gasteiger partial charge >= 0.3 is 0 Å². The highest BCUT2D eigenvalue weighted by atomic mass is 19.1. The van der Waals surface area contributed by atoms with Gasteiger partial charge in [-0.1, -0.05) is 11.8 Å². The summed E-state index contributed by atoms with van der Waals surface area (Å²) in [5.74, 6) is 5.23. The van der Waals surface area contributed by atoms with E-state index in [2.05, 4.69) is 17.2 Å². The molecule has 3 heteroatoms. The Hall–Kier alpha value is -1.66. The molecular weight excluding hydrogens is 205 g/mol. The molecule has 0 aliphatic rings. The van der Waals surface area contributed by atoms with Gasteiger partial charge in [0.15, 0.2) is 5.78 Å². The first-order valence-corrected chi connectivity index (χ1v) is 5.09. The van der Waals surface area contributed by atoms with E-state index < -0.39 is 5.82 Å². The molecule has 0 heterocycles. The molecule has 1 rings (SSSR count). The first kappa shape index (κ1) is 12.4. The number of halogens is 1. The predicted octanol–water partition coefficient (Wildman–Crippen LogP) is 1.99. The van der Waals surface area contributed by atoms with Crippen LogP contribution in [-0.4, -0.2) is 19.4 Å². The van der Waals surface area contributed by atoms with Crippen molar-refractivity contribution in [2.75, 3.05) is 13.6 Å². The van der Waals surface area contributed by atoms with Gasteiger partial charge in [0.05, 0.1) is 0 Å². The molecule has 0 saturated heterocycles. The van der Waals surface area contributed by atoms with E-state index in [1.807, 2.05) is 7.05 Å². The number of carbonyl (C=O) groups excluding carboxylic acids is 1. The summed E-state index contributed by atoms with van der Waals surface area (Å²) in [6.07, 6.45) is 0.700. The molecule has 16 heavy (non-hydrogen) atoms. The van der Waals surface area contributed by atoms with Crippen LogP contribution < -0.4 is 5.32 Å². The minimum Gasteiger partial charge on any atom is -0.319 e. The molecule has 0 atom stereocenters. The Morgan fingerprint density at radius 3 is 2.88 bits per heavy atom. The molecule has 1 N–H and O–H groups in total. The van der Waals surface area contributed by atoms with Crippen LogP contribution in [0.25, 0.3) is 0 Å². The van der Waals surface area contributed by atoms with Crippen LogP contribution in [0.3, 0.4) is 0 Å². The summed E-state index contributed by atoms with van der Waals surface area (Å²) < 4.78 is 12.9. The van der Waals surface area contributed by atoms with Crippen LogP contribution in [0.4, 0.5) is 4.39 Å². The van der Waals surface area contributed by atoms with E-state index in [0.29, 0.717) is 17.5 Å². The lowest BCUT2D eigenvalue weighted by Gasteiger charge is -1.99. The summed E-state index contributed by atoms with van der Waals surface area (Å²) in [5, 5.41) is 2.97. The van der Waals surface area contributed by atoms with Crippen molar-refractivity contribution >= 4 is 5.78 Å². The first-order chi connectivity index (χ1) is 7.65. The quantitative estimate of drug-likeness (QED) is 0.478. The first-order valence-electron chi connectivity index (χ1n) is 5.09. The number of nitrogens with one attached hydrogen (secondary N) is 1. The van der Waals surface area contributed by atoms with Crippen molar-refractivity contribution in [3.05, 3.63) is 35.1 Å². The summed E-state index contributed by atoms with van der Waals surface area (Å²) in [7, 11) is 1.85. The lowest BCUT2D eigenvalue weighted by molar-refractivity contribution is 0.101. The largest absolute Gasteiger partial charge is 0.319 e. The molecule has 1 aromatic rings. The zero-order chi connectivity index (χ0) is 12.0. The Labute approximate surface area is 94.9 Å². The molecule has 0 aliphatic heterocycles. The summed E-state index contributed by atoms with van der Waals surface area (Å²) >= 11 is 0. The van der Waals surface area contributed by atoms with Crippen LogP contribution in [0.15, 0.2) is 18.2 Å². The van der Waals surface area contributed by atoms with E-state index in [0.717, 1.165) is 6.54 Å². The minimum absolute atomic E-state index is 0.169. The third kappa shape index (κ3) is 3.48. The second kappa shape index (κ2) is 6.04. The van der Waals surface area contributed by atoms with Crippen molar-refractivity contribution < 1.29 is 9.18 Å². The minimum atomic E-state index is -0.411. The topological polar surface area (TPSA) is 29.1 Å². The number of ketones is 1. The summed E-state index contributed by atoms with van der Waals surface area (Å²) in [6, 6.07) is 4.08. The van der Waals surface area contributed by atoms with Gasteiger partial charge in [-0.25, -0.2) is 4.39 Å². The maximum atomic E-state index is 12.9. The van der Waals surface area contributed by atoms with E-state index in [1.165, 1.54) is 19.1 Å². The fourth-order valence-electron chi connectivity index (χ4n) is 1.26. The van der Waals surface area contributed by atoms with Crippen LogP contribution in [-0.2, 0) is 0 Å². The van der Waals surface area contributed by atoms with Crippen LogP contribution in [0.1, 0.15) is 29.3 Å². The maximum absolute atomic E-state index is 12.9. The zero-order valence-corrected chi connectivity index (χ0v) is 9.43. The number of benzene rings is 1. The third-order valence-electron chi connectivity index (χ3n) is 2.08. The number of carbonyl (C=O) groups is 1. The fraction of sp³-hybridized carbons (Fsp3) is 0.308. The van der Waals surface area contributed by atoms with Crippen molar-refractivity contribution in [3.63, 3.8) is 0 Å². The molecule has 0 spiro atoms. The summed E-state index contributed by atoms with van der Waals surface area (Å²) in [4.78, 5) is 11.3. The van der Waals surface area contributed by atoms with Gasteiger partial charge in [0.25, 0.3) is 0 Å². The molecule has 0 amide bonds. The molecule has 1 aromatic carbocycles. The molecule has 0 aromatic heterocycles. The van der Waals surface area contributed by atoms with Gasteiger partial charge in [0.1, 0.15) is 5.82 Å². The van der Waals surface area contributed by atoms with E-state index in [9.17, 15) is 9.18 Å². The Morgan fingerprint density at radius 1 is 1.50 bits per heavy atom. The van der Waals surface area contributed by atoms with Gasteiger partial charge in [-0.3, -0.25) is 4.79 Å². The monoisotopic (exact) mass is 219 g/mol. The van der Waals surface area contributed by atoms with Gasteiger partial charge in [-0.15, -0.1) is 0 Å². The Balaban J connectivity index is 2.93. The number of rotatable bonds is 3. The van der Waals surface area contributed by atoms with Crippen LogP contribution >= 0.6 is 0 Å².